The summed E-state index contributed by atoms with van der Waals surface area (Å²) in [5, 5.41) is 11.8. The Balaban J connectivity index is 2.01. The van der Waals surface area contributed by atoms with Crippen LogP contribution in [-0.4, -0.2) is 6.26 Å². The molecule has 3 rings (SSSR count). The summed E-state index contributed by atoms with van der Waals surface area (Å²) in [4.78, 5) is 1.22. The number of hydrogen-bond acceptors (Lipinski definition) is 2. The zero-order valence-corrected chi connectivity index (χ0v) is 13.1. The molecule has 0 atom stereocenters. The van der Waals surface area contributed by atoms with Crippen molar-refractivity contribution in [3.05, 3.63) is 77.9 Å². The molecule has 0 aliphatic rings. The summed E-state index contributed by atoms with van der Waals surface area (Å²) in [6.07, 6.45) is 3.99. The quantitative estimate of drug-likeness (QED) is 0.356. The topological polar surface area (TPSA) is 23.8 Å². The van der Waals surface area contributed by atoms with Crippen molar-refractivity contribution >= 4 is 34.2 Å². The highest BCUT2D eigenvalue weighted by Crippen LogP contribution is 2.23. The zero-order valence-electron chi connectivity index (χ0n) is 12.3. The fourth-order valence-corrected chi connectivity index (χ4v) is 2.81. The third kappa shape index (κ3) is 3.05. The summed E-state index contributed by atoms with van der Waals surface area (Å²) in [6.45, 7) is 0. The van der Waals surface area contributed by atoms with E-state index in [-0.39, 0.29) is 0 Å². The molecule has 0 spiro atoms. The van der Waals surface area contributed by atoms with Gasteiger partial charge in [-0.1, -0.05) is 48.5 Å². The second-order valence-corrected chi connectivity index (χ2v) is 5.88. The second kappa shape index (κ2) is 6.51. The second-order valence-electron chi connectivity index (χ2n) is 5.00. The van der Waals surface area contributed by atoms with Crippen LogP contribution in [-0.2, 0) is 0 Å². The van der Waals surface area contributed by atoms with Crippen LogP contribution in [0, 0.1) is 11.3 Å². The van der Waals surface area contributed by atoms with Gasteiger partial charge in [0.1, 0.15) is 0 Å². The van der Waals surface area contributed by atoms with Crippen LogP contribution in [0.3, 0.4) is 0 Å². The molecule has 3 aromatic carbocycles. The van der Waals surface area contributed by atoms with E-state index >= 15 is 0 Å². The Hall–Kier alpha value is -2.50. The number of fused-ring (bicyclic) bond motifs is 1. The number of allylic oxidation sites excluding steroid dienone is 1. The van der Waals surface area contributed by atoms with Gasteiger partial charge in [0.05, 0.1) is 11.6 Å². The van der Waals surface area contributed by atoms with Gasteiger partial charge in [-0.15, -0.1) is 11.8 Å². The molecule has 0 saturated carbocycles. The molecule has 0 heterocycles. The highest BCUT2D eigenvalue weighted by molar-refractivity contribution is 7.98. The number of nitrogens with zero attached hydrogens (tertiary/aromatic N) is 1. The maximum absolute atomic E-state index is 9.49. The fraction of sp³-hybridized carbons (Fsp3) is 0.0500. The molecular formula is C20H15NS. The lowest BCUT2D eigenvalue weighted by atomic mass is 10.0. The molecule has 0 N–H and O–H groups in total. The van der Waals surface area contributed by atoms with E-state index in [1.807, 2.05) is 36.4 Å². The van der Waals surface area contributed by atoms with Gasteiger partial charge in [-0.3, -0.25) is 0 Å². The Kier molecular flexibility index (Phi) is 4.27. The van der Waals surface area contributed by atoms with Crippen LogP contribution in [0.15, 0.2) is 71.6 Å². The van der Waals surface area contributed by atoms with Crippen LogP contribution < -0.4 is 0 Å². The van der Waals surface area contributed by atoms with E-state index in [4.69, 9.17) is 0 Å². The molecule has 106 valence electrons. The van der Waals surface area contributed by atoms with E-state index in [9.17, 15) is 5.26 Å². The average Bonchev–Trinajstić information content (AvgIpc) is 2.59. The molecule has 1 nitrogen and oxygen atoms in total. The molecule has 0 amide bonds. The molecule has 0 bridgehead atoms. The fourth-order valence-electron chi connectivity index (χ4n) is 2.40. The lowest BCUT2D eigenvalue weighted by Crippen LogP contribution is -1.83. The normalized spacial score (nSPS) is 11.4. The smallest absolute Gasteiger partial charge is 0.0998 e. The Labute approximate surface area is 134 Å². The highest BCUT2D eigenvalue weighted by Gasteiger charge is 2.03. The van der Waals surface area contributed by atoms with E-state index in [1.54, 1.807) is 11.8 Å². The van der Waals surface area contributed by atoms with Gasteiger partial charge in [0.25, 0.3) is 0 Å². The minimum Gasteiger partial charge on any atom is -0.192 e. The van der Waals surface area contributed by atoms with E-state index in [2.05, 4.69) is 48.7 Å². The van der Waals surface area contributed by atoms with Gasteiger partial charge in [-0.05, 0) is 52.4 Å². The molecule has 22 heavy (non-hydrogen) atoms. The van der Waals surface area contributed by atoms with Crippen molar-refractivity contribution in [1.29, 1.82) is 5.26 Å². The van der Waals surface area contributed by atoms with Gasteiger partial charge in [-0.25, -0.2) is 0 Å². The number of hydrogen-bond donors (Lipinski definition) is 0. The van der Waals surface area contributed by atoms with Crippen LogP contribution in [0.2, 0.25) is 0 Å². The molecule has 2 heteroatoms. The maximum atomic E-state index is 9.49. The summed E-state index contributed by atoms with van der Waals surface area (Å²) in [6, 6.07) is 24.9. The first-order valence-corrected chi connectivity index (χ1v) is 8.27. The van der Waals surface area contributed by atoms with Crippen molar-refractivity contribution < 1.29 is 0 Å². The summed E-state index contributed by atoms with van der Waals surface area (Å²) in [7, 11) is 0. The minimum atomic E-state index is 0.683. The maximum Gasteiger partial charge on any atom is 0.0998 e. The Morgan fingerprint density at radius 1 is 0.955 bits per heavy atom. The van der Waals surface area contributed by atoms with Gasteiger partial charge in [0.2, 0.25) is 0 Å². The lowest BCUT2D eigenvalue weighted by molar-refractivity contribution is 1.45. The van der Waals surface area contributed by atoms with Crippen LogP contribution in [0.5, 0.6) is 0 Å². The monoisotopic (exact) mass is 301 g/mol. The predicted octanol–water partition coefficient (Wildman–Crippen LogP) is 5.63. The van der Waals surface area contributed by atoms with Gasteiger partial charge < -0.3 is 0 Å². The summed E-state index contributed by atoms with van der Waals surface area (Å²) >= 11 is 1.71. The molecule has 0 unspecified atom stereocenters. The zero-order chi connectivity index (χ0) is 15.4. The first-order chi connectivity index (χ1) is 10.8. The number of thioether (sulfide) groups is 1. The minimum absolute atomic E-state index is 0.683. The van der Waals surface area contributed by atoms with E-state index in [0.29, 0.717) is 5.57 Å². The Morgan fingerprint density at radius 2 is 1.68 bits per heavy atom. The predicted molar refractivity (Wildman–Crippen MR) is 95.7 cm³/mol. The van der Waals surface area contributed by atoms with Crippen molar-refractivity contribution in [2.75, 3.05) is 6.26 Å². The number of nitriles is 1. The van der Waals surface area contributed by atoms with Crippen molar-refractivity contribution in [2.24, 2.45) is 0 Å². The Morgan fingerprint density at radius 3 is 2.36 bits per heavy atom. The Bertz CT molecular complexity index is 870. The van der Waals surface area contributed by atoms with Crippen LogP contribution in [0.1, 0.15) is 11.1 Å². The van der Waals surface area contributed by atoms with Crippen LogP contribution in [0.4, 0.5) is 0 Å². The van der Waals surface area contributed by atoms with Gasteiger partial charge in [0, 0.05) is 4.90 Å². The molecule has 0 radical (unpaired) electrons. The third-order valence-corrected chi connectivity index (χ3v) is 4.35. The average molecular weight is 301 g/mol. The van der Waals surface area contributed by atoms with Crippen molar-refractivity contribution in [1.82, 2.24) is 0 Å². The third-order valence-electron chi connectivity index (χ3n) is 3.61. The highest BCUT2D eigenvalue weighted by atomic mass is 32.2. The van der Waals surface area contributed by atoms with Crippen LogP contribution >= 0.6 is 11.8 Å². The van der Waals surface area contributed by atoms with Gasteiger partial charge in [-0.2, -0.15) is 5.26 Å². The molecule has 0 aromatic heterocycles. The molecule has 0 fully saturated rings. The first kappa shape index (κ1) is 14.4. The van der Waals surface area contributed by atoms with E-state index < -0.39 is 0 Å². The molecule has 0 aliphatic carbocycles. The summed E-state index contributed by atoms with van der Waals surface area (Å²) < 4.78 is 0. The molecule has 0 aliphatic heterocycles. The standard InChI is InChI=1S/C20H15NS/c1-22-20-10-6-15(7-11-20)12-19(14-21)18-9-8-16-4-2-3-5-17(16)13-18/h2-13H,1H3/b19-12-. The number of benzene rings is 3. The first-order valence-electron chi connectivity index (χ1n) is 7.05. The molecule has 0 saturated heterocycles. The number of rotatable bonds is 3. The van der Waals surface area contributed by atoms with Gasteiger partial charge in [0.15, 0.2) is 0 Å². The lowest BCUT2D eigenvalue weighted by Gasteiger charge is -2.03. The molecular weight excluding hydrogens is 286 g/mol. The van der Waals surface area contributed by atoms with Crippen molar-refractivity contribution in [3.8, 4) is 6.07 Å². The van der Waals surface area contributed by atoms with Gasteiger partial charge >= 0.3 is 0 Å². The van der Waals surface area contributed by atoms with Crippen LogP contribution in [0.25, 0.3) is 22.4 Å². The van der Waals surface area contributed by atoms with Crippen molar-refractivity contribution in [3.63, 3.8) is 0 Å². The van der Waals surface area contributed by atoms with E-state index in [1.165, 1.54) is 10.3 Å². The van der Waals surface area contributed by atoms with Crippen molar-refractivity contribution in [2.45, 2.75) is 4.90 Å². The SMILES string of the molecule is CSc1ccc(/C=C(/C#N)c2ccc3ccccc3c2)cc1. The summed E-state index contributed by atoms with van der Waals surface area (Å²) in [5.74, 6) is 0. The summed E-state index contributed by atoms with van der Waals surface area (Å²) in [5.41, 5.74) is 2.68. The molecule has 3 aromatic rings. The van der Waals surface area contributed by atoms with E-state index in [0.717, 1.165) is 16.5 Å². The largest absolute Gasteiger partial charge is 0.192 e.